The Morgan fingerprint density at radius 3 is 2.37 bits per heavy atom. The van der Waals surface area contributed by atoms with Gasteiger partial charge in [0.25, 0.3) is 8.32 Å². The third kappa shape index (κ3) is 3.35. The molecule has 102 valence electrons. The van der Waals surface area contributed by atoms with Crippen molar-refractivity contribution in [2.45, 2.75) is 38.9 Å². The number of carboxylic acid groups (broad SMARTS) is 1. The fourth-order valence-electron chi connectivity index (χ4n) is 1.26. The maximum absolute atomic E-state index is 11.0. The van der Waals surface area contributed by atoms with Gasteiger partial charge in [-0.15, -0.1) is 0 Å². The van der Waals surface area contributed by atoms with Crippen molar-refractivity contribution in [2.24, 2.45) is 0 Å². The van der Waals surface area contributed by atoms with Gasteiger partial charge in [0, 0.05) is 0 Å². The summed E-state index contributed by atoms with van der Waals surface area (Å²) in [6.07, 6.45) is 0. The van der Waals surface area contributed by atoms with Gasteiger partial charge >= 0.3 is 5.97 Å². The Bertz CT molecular complexity index is 539. The zero-order valence-electron chi connectivity index (χ0n) is 11.9. The van der Waals surface area contributed by atoms with E-state index in [1.165, 1.54) is 18.2 Å². The van der Waals surface area contributed by atoms with Gasteiger partial charge < -0.3 is 9.53 Å². The highest BCUT2D eigenvalue weighted by atomic mass is 28.4. The first kappa shape index (κ1) is 15.3. The Morgan fingerprint density at radius 2 is 1.95 bits per heavy atom. The fraction of sp³-hybridized carbons (Fsp3) is 0.429. The number of carbonyl (C=O) groups is 1. The highest BCUT2D eigenvalue weighted by Gasteiger charge is 2.39. The van der Waals surface area contributed by atoms with E-state index in [-0.39, 0.29) is 10.6 Å². The number of benzene rings is 1. The third-order valence-electron chi connectivity index (χ3n) is 3.52. The summed E-state index contributed by atoms with van der Waals surface area (Å²) in [5, 5.41) is 18.1. The molecule has 0 bridgehead atoms. The minimum Gasteiger partial charge on any atom is -0.543 e. The van der Waals surface area contributed by atoms with E-state index in [9.17, 15) is 4.79 Å². The van der Waals surface area contributed by atoms with Crippen molar-refractivity contribution in [1.29, 1.82) is 5.26 Å². The summed E-state index contributed by atoms with van der Waals surface area (Å²) in [4.78, 5) is 11.0. The quantitative estimate of drug-likeness (QED) is 0.856. The second-order valence-electron chi connectivity index (χ2n) is 5.99. The summed E-state index contributed by atoms with van der Waals surface area (Å²) in [7, 11) is -2.10. The molecular weight excluding hydrogens is 258 g/mol. The highest BCUT2D eigenvalue weighted by molar-refractivity contribution is 6.74. The molecule has 5 heteroatoms. The Balaban J connectivity index is 3.23. The first-order chi connectivity index (χ1) is 8.58. The van der Waals surface area contributed by atoms with Crippen molar-refractivity contribution in [2.75, 3.05) is 0 Å². The van der Waals surface area contributed by atoms with E-state index >= 15 is 0 Å². The van der Waals surface area contributed by atoms with Gasteiger partial charge in [0.2, 0.25) is 0 Å². The molecule has 0 unspecified atom stereocenters. The van der Waals surface area contributed by atoms with E-state index in [0.29, 0.717) is 11.3 Å². The molecule has 0 radical (unpaired) electrons. The lowest BCUT2D eigenvalue weighted by molar-refractivity contribution is 0.0696. The summed E-state index contributed by atoms with van der Waals surface area (Å²) < 4.78 is 6.03. The van der Waals surface area contributed by atoms with Crippen LogP contribution in [0.1, 0.15) is 36.7 Å². The average Bonchev–Trinajstić information content (AvgIpc) is 2.26. The third-order valence-corrected chi connectivity index (χ3v) is 7.86. The van der Waals surface area contributed by atoms with Gasteiger partial charge in [-0.3, -0.25) is 0 Å². The summed E-state index contributed by atoms with van der Waals surface area (Å²) in [5.41, 5.74) is 0.502. The summed E-state index contributed by atoms with van der Waals surface area (Å²) in [5.74, 6) is -0.654. The number of rotatable bonds is 3. The zero-order chi connectivity index (χ0) is 14.8. The predicted molar refractivity (Wildman–Crippen MR) is 75.9 cm³/mol. The molecule has 0 atom stereocenters. The average molecular weight is 277 g/mol. The molecule has 0 heterocycles. The van der Waals surface area contributed by atoms with E-state index in [2.05, 4.69) is 33.9 Å². The molecule has 0 saturated carbocycles. The number of nitriles is 1. The Morgan fingerprint density at radius 1 is 1.37 bits per heavy atom. The van der Waals surface area contributed by atoms with Gasteiger partial charge in [0.1, 0.15) is 11.8 Å². The molecule has 1 N–H and O–H groups in total. The zero-order valence-corrected chi connectivity index (χ0v) is 12.9. The first-order valence-electron chi connectivity index (χ1n) is 6.05. The molecule has 0 aromatic heterocycles. The Kier molecular flexibility index (Phi) is 4.06. The lowest BCUT2D eigenvalue weighted by Crippen LogP contribution is -2.44. The minimum absolute atomic E-state index is 0.0149. The van der Waals surface area contributed by atoms with Crippen LogP contribution in [0.4, 0.5) is 0 Å². The van der Waals surface area contributed by atoms with Gasteiger partial charge in [0.15, 0.2) is 0 Å². The maximum atomic E-state index is 11.0. The summed E-state index contributed by atoms with van der Waals surface area (Å²) in [6, 6.07) is 6.38. The van der Waals surface area contributed by atoms with Gasteiger partial charge in [-0.05, 0) is 36.3 Å². The number of hydrogen-bond donors (Lipinski definition) is 1. The van der Waals surface area contributed by atoms with Gasteiger partial charge in [0.05, 0.1) is 11.1 Å². The van der Waals surface area contributed by atoms with Crippen LogP contribution in [0.15, 0.2) is 18.2 Å². The van der Waals surface area contributed by atoms with Crippen LogP contribution >= 0.6 is 0 Å². The summed E-state index contributed by atoms with van der Waals surface area (Å²) >= 11 is 0. The number of aromatic carboxylic acids is 1. The maximum Gasteiger partial charge on any atom is 0.335 e. The normalized spacial score (nSPS) is 11.8. The molecular formula is C14H19NO3Si. The van der Waals surface area contributed by atoms with Crippen LogP contribution in [-0.4, -0.2) is 19.4 Å². The first-order valence-corrected chi connectivity index (χ1v) is 8.96. The molecule has 0 aliphatic rings. The molecule has 19 heavy (non-hydrogen) atoms. The van der Waals surface area contributed by atoms with Crippen molar-refractivity contribution in [3.63, 3.8) is 0 Å². The monoisotopic (exact) mass is 277 g/mol. The van der Waals surface area contributed by atoms with Gasteiger partial charge in [-0.1, -0.05) is 20.8 Å². The van der Waals surface area contributed by atoms with Gasteiger partial charge in [-0.2, -0.15) is 5.26 Å². The van der Waals surface area contributed by atoms with Crippen LogP contribution < -0.4 is 4.43 Å². The van der Waals surface area contributed by atoms with Crippen molar-refractivity contribution >= 4 is 14.3 Å². The highest BCUT2D eigenvalue weighted by Crippen LogP contribution is 2.38. The second kappa shape index (κ2) is 5.06. The predicted octanol–water partition coefficient (Wildman–Crippen LogP) is 3.64. The van der Waals surface area contributed by atoms with Crippen LogP contribution in [0.5, 0.6) is 5.75 Å². The van der Waals surface area contributed by atoms with Crippen LogP contribution in [0, 0.1) is 11.3 Å². The standard InChI is InChI=1S/C14H19NO3Si/c1-14(2,3)19(4,5)18-12-8-10(13(16)17)6-7-11(12)9-15/h6-8H,1-5H3,(H,16,17). The molecule has 1 aromatic rings. The lowest BCUT2D eigenvalue weighted by Gasteiger charge is -2.36. The number of hydrogen-bond acceptors (Lipinski definition) is 3. The molecule has 0 spiro atoms. The van der Waals surface area contributed by atoms with Crippen LogP contribution in [0.3, 0.4) is 0 Å². The molecule has 1 rings (SSSR count). The lowest BCUT2D eigenvalue weighted by atomic mass is 10.1. The molecule has 0 amide bonds. The number of nitrogens with zero attached hydrogens (tertiary/aromatic N) is 1. The van der Waals surface area contributed by atoms with Crippen molar-refractivity contribution in [3.05, 3.63) is 29.3 Å². The van der Waals surface area contributed by atoms with E-state index < -0.39 is 14.3 Å². The SMILES string of the molecule is CC(C)(C)[Si](C)(C)Oc1cc(C(=O)O)ccc1C#N. The van der Waals surface area contributed by atoms with Crippen molar-refractivity contribution < 1.29 is 14.3 Å². The van der Waals surface area contributed by atoms with E-state index in [1.807, 2.05) is 6.07 Å². The molecule has 4 nitrogen and oxygen atoms in total. The Labute approximate surface area is 114 Å². The van der Waals surface area contributed by atoms with E-state index in [1.54, 1.807) is 0 Å². The van der Waals surface area contributed by atoms with E-state index in [0.717, 1.165) is 0 Å². The summed E-state index contributed by atoms with van der Waals surface area (Å²) in [6.45, 7) is 10.4. The van der Waals surface area contributed by atoms with E-state index in [4.69, 9.17) is 14.8 Å². The Hall–Kier alpha value is -1.80. The van der Waals surface area contributed by atoms with Gasteiger partial charge in [-0.25, -0.2) is 4.79 Å². The fourth-order valence-corrected chi connectivity index (χ4v) is 2.29. The van der Waals surface area contributed by atoms with Crippen molar-refractivity contribution in [3.8, 4) is 11.8 Å². The van der Waals surface area contributed by atoms with Crippen LogP contribution in [0.2, 0.25) is 18.1 Å². The molecule has 0 aliphatic carbocycles. The molecule has 0 saturated heterocycles. The minimum atomic E-state index is -2.10. The van der Waals surface area contributed by atoms with Crippen molar-refractivity contribution in [1.82, 2.24) is 0 Å². The van der Waals surface area contributed by atoms with Crippen LogP contribution in [-0.2, 0) is 0 Å². The second-order valence-corrected chi connectivity index (χ2v) is 10.7. The molecule has 0 fully saturated rings. The number of carboxylic acids is 1. The smallest absolute Gasteiger partial charge is 0.335 e. The van der Waals surface area contributed by atoms with Crippen LogP contribution in [0.25, 0.3) is 0 Å². The molecule has 0 aliphatic heterocycles. The topological polar surface area (TPSA) is 70.3 Å². The largest absolute Gasteiger partial charge is 0.543 e. The molecule has 1 aromatic carbocycles.